The minimum Gasteiger partial charge on any atom is -0.505 e. The highest BCUT2D eigenvalue weighted by Crippen LogP contribution is 2.41. The van der Waals surface area contributed by atoms with Crippen LogP contribution in [0.1, 0.15) is 0 Å². The first-order valence-electron chi connectivity index (χ1n) is 5.14. The highest BCUT2D eigenvalue weighted by atomic mass is 32.2. The first kappa shape index (κ1) is 15.3. The van der Waals surface area contributed by atoms with E-state index in [2.05, 4.69) is 5.18 Å². The molecule has 2 aromatic carbocycles. The molecule has 2 rings (SSSR count). The molecule has 0 fully saturated rings. The molecule has 0 aromatic heterocycles. The lowest BCUT2D eigenvalue weighted by molar-refractivity contribution is 0.479. The Balaban J connectivity index is 3.22. The Morgan fingerprint density at radius 3 is 2.00 bits per heavy atom. The molecule has 112 valence electrons. The highest BCUT2D eigenvalue weighted by Gasteiger charge is 2.26. The molecular formula is C10H7NO8S2. The summed E-state index contributed by atoms with van der Waals surface area (Å²) in [6.07, 6.45) is 0. The van der Waals surface area contributed by atoms with E-state index in [4.69, 9.17) is 9.11 Å². The quantitative estimate of drug-likeness (QED) is 0.562. The summed E-state index contributed by atoms with van der Waals surface area (Å²) in [4.78, 5) is 8.76. The minimum atomic E-state index is -4.95. The van der Waals surface area contributed by atoms with E-state index >= 15 is 0 Å². The number of benzene rings is 2. The van der Waals surface area contributed by atoms with Crippen LogP contribution in [-0.4, -0.2) is 31.0 Å². The van der Waals surface area contributed by atoms with Crippen molar-refractivity contribution in [2.45, 2.75) is 9.79 Å². The second-order valence-corrected chi connectivity index (χ2v) is 6.74. The van der Waals surface area contributed by atoms with Crippen LogP contribution in [0.25, 0.3) is 10.8 Å². The predicted octanol–water partition coefficient (Wildman–Crippen LogP) is 1.44. The Hall–Kier alpha value is -2.08. The second-order valence-electron chi connectivity index (χ2n) is 3.96. The molecule has 0 saturated carbocycles. The Bertz CT molecular complexity index is 962. The van der Waals surface area contributed by atoms with Crippen LogP contribution in [-0.2, 0) is 20.2 Å². The Labute approximate surface area is 118 Å². The predicted molar refractivity (Wildman–Crippen MR) is 70.7 cm³/mol. The summed E-state index contributed by atoms with van der Waals surface area (Å²) in [6, 6.07) is 3.59. The fourth-order valence-corrected chi connectivity index (χ4v) is 3.40. The molecule has 9 nitrogen and oxygen atoms in total. The first-order valence-corrected chi connectivity index (χ1v) is 8.02. The molecular weight excluding hydrogens is 326 g/mol. The van der Waals surface area contributed by atoms with Crippen molar-refractivity contribution in [1.29, 1.82) is 0 Å². The molecule has 0 aliphatic carbocycles. The lowest BCUT2D eigenvalue weighted by Gasteiger charge is -2.10. The number of phenolic OH excluding ortho intramolecular Hbond substituents is 1. The average Bonchev–Trinajstić information content (AvgIpc) is 2.36. The van der Waals surface area contributed by atoms with Gasteiger partial charge in [0.15, 0.2) is 11.4 Å². The maximum Gasteiger partial charge on any atom is 0.295 e. The molecule has 21 heavy (non-hydrogen) atoms. The SMILES string of the molecule is O=Nc1cc(S(=O)(=O)O)c2c(S(=O)(=O)O)cccc2c1O. The molecule has 0 saturated heterocycles. The van der Waals surface area contributed by atoms with Crippen LogP contribution in [0.3, 0.4) is 0 Å². The van der Waals surface area contributed by atoms with E-state index in [1.807, 2.05) is 0 Å². The summed E-state index contributed by atoms with van der Waals surface area (Å²) in [6.45, 7) is 0. The smallest absolute Gasteiger partial charge is 0.295 e. The van der Waals surface area contributed by atoms with Crippen molar-refractivity contribution in [3.05, 3.63) is 29.2 Å². The van der Waals surface area contributed by atoms with Crippen LogP contribution in [0, 0.1) is 4.91 Å². The zero-order valence-electron chi connectivity index (χ0n) is 9.96. The van der Waals surface area contributed by atoms with Crippen LogP contribution < -0.4 is 0 Å². The van der Waals surface area contributed by atoms with Gasteiger partial charge in [0.1, 0.15) is 9.79 Å². The number of fused-ring (bicyclic) bond motifs is 1. The molecule has 0 aliphatic rings. The molecule has 11 heteroatoms. The second kappa shape index (κ2) is 4.73. The lowest BCUT2D eigenvalue weighted by atomic mass is 10.1. The maximum atomic E-state index is 11.4. The first-order chi connectivity index (χ1) is 9.57. The standard InChI is InChI=1S/C10H7NO8S2/c12-10-5-2-1-3-7(20(14,15)16)9(5)8(21(17,18)19)4-6(10)11-13/h1-4,12H,(H,14,15,16)(H,17,18,19). The van der Waals surface area contributed by atoms with E-state index in [-0.39, 0.29) is 5.39 Å². The van der Waals surface area contributed by atoms with Gasteiger partial charge in [-0.05, 0) is 17.3 Å². The molecule has 2 aromatic rings. The summed E-state index contributed by atoms with van der Waals surface area (Å²) in [5.41, 5.74) is -0.706. The van der Waals surface area contributed by atoms with Crippen LogP contribution in [0.5, 0.6) is 5.75 Å². The zero-order chi connectivity index (χ0) is 16.0. The van der Waals surface area contributed by atoms with Crippen molar-refractivity contribution in [3.63, 3.8) is 0 Å². The largest absolute Gasteiger partial charge is 0.505 e. The van der Waals surface area contributed by atoms with E-state index in [1.54, 1.807) is 0 Å². The zero-order valence-corrected chi connectivity index (χ0v) is 11.6. The summed E-state index contributed by atoms with van der Waals surface area (Å²) in [5.74, 6) is -0.780. The average molecular weight is 333 g/mol. The van der Waals surface area contributed by atoms with Crippen molar-refractivity contribution in [2.24, 2.45) is 5.18 Å². The number of hydrogen-bond donors (Lipinski definition) is 3. The van der Waals surface area contributed by atoms with Crippen LogP contribution in [0.4, 0.5) is 5.69 Å². The van der Waals surface area contributed by atoms with Gasteiger partial charge in [-0.15, -0.1) is 4.91 Å². The Morgan fingerprint density at radius 2 is 1.52 bits per heavy atom. The van der Waals surface area contributed by atoms with Crippen molar-refractivity contribution >= 4 is 36.7 Å². The summed E-state index contributed by atoms with van der Waals surface area (Å²) < 4.78 is 63.6. The fourth-order valence-electron chi connectivity index (χ4n) is 1.87. The van der Waals surface area contributed by atoms with Crippen LogP contribution >= 0.6 is 0 Å². The third kappa shape index (κ3) is 2.58. The van der Waals surface area contributed by atoms with Crippen LogP contribution in [0.15, 0.2) is 39.2 Å². The van der Waals surface area contributed by atoms with Gasteiger partial charge in [-0.2, -0.15) is 16.8 Å². The monoisotopic (exact) mass is 333 g/mol. The molecule has 0 unspecified atom stereocenters. The Kier molecular flexibility index (Phi) is 3.45. The minimum absolute atomic E-state index is 0.380. The Morgan fingerprint density at radius 1 is 0.952 bits per heavy atom. The van der Waals surface area contributed by atoms with Gasteiger partial charge in [-0.1, -0.05) is 12.1 Å². The number of nitrogens with zero attached hydrogens (tertiary/aromatic N) is 1. The van der Waals surface area contributed by atoms with Crippen molar-refractivity contribution in [2.75, 3.05) is 0 Å². The number of rotatable bonds is 3. The molecule has 0 bridgehead atoms. The molecule has 0 heterocycles. The molecule has 0 spiro atoms. The molecule has 0 radical (unpaired) electrons. The molecule has 0 atom stereocenters. The van der Waals surface area contributed by atoms with E-state index in [9.17, 15) is 26.8 Å². The normalized spacial score (nSPS) is 12.5. The van der Waals surface area contributed by atoms with E-state index in [0.29, 0.717) is 6.07 Å². The molecule has 0 amide bonds. The molecule has 0 aliphatic heterocycles. The highest BCUT2D eigenvalue weighted by molar-refractivity contribution is 7.87. The van der Waals surface area contributed by atoms with E-state index < -0.39 is 46.9 Å². The van der Waals surface area contributed by atoms with Gasteiger partial charge in [0, 0.05) is 10.8 Å². The maximum absolute atomic E-state index is 11.4. The van der Waals surface area contributed by atoms with Gasteiger partial charge in [0.25, 0.3) is 20.2 Å². The van der Waals surface area contributed by atoms with Gasteiger partial charge in [-0.3, -0.25) is 9.11 Å². The van der Waals surface area contributed by atoms with Gasteiger partial charge in [0.05, 0.1) is 0 Å². The van der Waals surface area contributed by atoms with Gasteiger partial charge >= 0.3 is 0 Å². The molecule has 3 N–H and O–H groups in total. The number of hydrogen-bond acceptors (Lipinski definition) is 7. The fraction of sp³-hybridized carbons (Fsp3) is 0. The van der Waals surface area contributed by atoms with Crippen molar-refractivity contribution in [3.8, 4) is 5.75 Å². The summed E-state index contributed by atoms with van der Waals surface area (Å²) >= 11 is 0. The number of aromatic hydroxyl groups is 1. The van der Waals surface area contributed by atoms with Crippen molar-refractivity contribution in [1.82, 2.24) is 0 Å². The topological polar surface area (TPSA) is 158 Å². The third-order valence-electron chi connectivity index (χ3n) is 2.69. The number of phenols is 1. The van der Waals surface area contributed by atoms with Crippen molar-refractivity contribution < 1.29 is 31.0 Å². The third-order valence-corrected chi connectivity index (χ3v) is 4.47. The number of nitroso groups, excluding NO2 is 1. The van der Waals surface area contributed by atoms with Gasteiger partial charge in [-0.25, -0.2) is 0 Å². The lowest BCUT2D eigenvalue weighted by Crippen LogP contribution is -2.05. The van der Waals surface area contributed by atoms with Crippen LogP contribution in [0.2, 0.25) is 0 Å². The summed E-state index contributed by atoms with van der Waals surface area (Å²) in [5, 5.41) is 11.2. The van der Waals surface area contributed by atoms with Gasteiger partial charge in [0.2, 0.25) is 0 Å². The summed E-state index contributed by atoms with van der Waals surface area (Å²) in [7, 11) is -9.79. The van der Waals surface area contributed by atoms with Gasteiger partial charge < -0.3 is 5.11 Å². The van der Waals surface area contributed by atoms with E-state index in [1.165, 1.54) is 0 Å². The van der Waals surface area contributed by atoms with E-state index in [0.717, 1.165) is 18.2 Å².